The number of unbranched alkanes of at least 4 members (excludes halogenated alkanes) is 1. The Morgan fingerprint density at radius 1 is 1.40 bits per heavy atom. The maximum Gasteiger partial charge on any atom is 0.0669 e. The third-order valence-electron chi connectivity index (χ3n) is 1.48. The van der Waals surface area contributed by atoms with Crippen LogP contribution in [-0.4, -0.2) is 18.0 Å². The van der Waals surface area contributed by atoms with Gasteiger partial charge in [-0.25, -0.2) is 0 Å². The molecule has 0 fully saturated rings. The normalized spacial score (nSPS) is 13.5. The van der Waals surface area contributed by atoms with Crippen LogP contribution in [0.4, 0.5) is 0 Å². The molecule has 2 heteroatoms. The predicted octanol–water partition coefficient (Wildman–Crippen LogP) is 2.98. The van der Waals surface area contributed by atoms with Crippen LogP contribution >= 0.6 is 15.9 Å². The van der Waals surface area contributed by atoms with Crippen LogP contribution in [0.2, 0.25) is 0 Å². The minimum Gasteiger partial charge on any atom is -0.377 e. The Morgan fingerprint density at radius 3 is 2.50 bits per heavy atom. The fourth-order valence-electron chi connectivity index (χ4n) is 0.666. The van der Waals surface area contributed by atoms with E-state index in [2.05, 4.69) is 29.8 Å². The highest BCUT2D eigenvalue weighted by atomic mass is 79.9. The molecule has 0 rings (SSSR count). The number of rotatable bonds is 6. The van der Waals surface area contributed by atoms with Crippen molar-refractivity contribution in [3.63, 3.8) is 0 Å². The second kappa shape index (κ2) is 7.55. The first-order valence-electron chi connectivity index (χ1n) is 4.02. The summed E-state index contributed by atoms with van der Waals surface area (Å²) in [6, 6.07) is 0. The standard InChI is InChI=1S/C8H17BrO/c1-3-5-6-10-8(4-2)7-9/h8H,3-7H2,1-2H3/t8-/m1/s1. The molecule has 10 heavy (non-hydrogen) atoms. The van der Waals surface area contributed by atoms with Gasteiger partial charge in [-0.1, -0.05) is 36.2 Å². The molecule has 0 spiro atoms. The average Bonchev–Trinajstić information content (AvgIpc) is 1.99. The monoisotopic (exact) mass is 208 g/mol. The molecule has 0 saturated carbocycles. The topological polar surface area (TPSA) is 9.23 Å². The smallest absolute Gasteiger partial charge is 0.0669 e. The summed E-state index contributed by atoms with van der Waals surface area (Å²) in [6.45, 7) is 5.25. The van der Waals surface area contributed by atoms with E-state index in [0.717, 1.165) is 18.4 Å². The lowest BCUT2D eigenvalue weighted by molar-refractivity contribution is 0.0656. The Bertz CT molecular complexity index is 62.3. The molecule has 0 aliphatic rings. The highest BCUT2D eigenvalue weighted by molar-refractivity contribution is 9.09. The molecule has 0 bridgehead atoms. The van der Waals surface area contributed by atoms with Crippen molar-refractivity contribution in [3.8, 4) is 0 Å². The van der Waals surface area contributed by atoms with Crippen molar-refractivity contribution in [2.24, 2.45) is 0 Å². The molecule has 0 aromatic carbocycles. The van der Waals surface area contributed by atoms with Crippen molar-refractivity contribution < 1.29 is 4.74 Å². The van der Waals surface area contributed by atoms with Crippen LogP contribution in [0, 0.1) is 0 Å². The predicted molar refractivity (Wildman–Crippen MR) is 48.7 cm³/mol. The molecule has 62 valence electrons. The number of alkyl halides is 1. The third kappa shape index (κ3) is 5.24. The summed E-state index contributed by atoms with van der Waals surface area (Å²) in [5.74, 6) is 0. The van der Waals surface area contributed by atoms with Gasteiger partial charge >= 0.3 is 0 Å². The Balaban J connectivity index is 3.09. The van der Waals surface area contributed by atoms with E-state index in [0.29, 0.717) is 6.10 Å². The minimum absolute atomic E-state index is 0.423. The number of hydrogen-bond acceptors (Lipinski definition) is 1. The number of halogens is 1. The van der Waals surface area contributed by atoms with Gasteiger partial charge in [0.15, 0.2) is 0 Å². The number of ether oxygens (including phenoxy) is 1. The van der Waals surface area contributed by atoms with Crippen LogP contribution < -0.4 is 0 Å². The quantitative estimate of drug-likeness (QED) is 0.482. The van der Waals surface area contributed by atoms with Gasteiger partial charge in [-0.2, -0.15) is 0 Å². The first-order chi connectivity index (χ1) is 4.85. The van der Waals surface area contributed by atoms with E-state index in [1.165, 1.54) is 12.8 Å². The maximum absolute atomic E-state index is 5.53. The van der Waals surface area contributed by atoms with Crippen molar-refractivity contribution in [1.82, 2.24) is 0 Å². The van der Waals surface area contributed by atoms with Crippen LogP contribution in [0.15, 0.2) is 0 Å². The van der Waals surface area contributed by atoms with E-state index >= 15 is 0 Å². The second-order valence-electron chi connectivity index (χ2n) is 2.41. The number of hydrogen-bond donors (Lipinski definition) is 0. The molecule has 0 N–H and O–H groups in total. The van der Waals surface area contributed by atoms with Gasteiger partial charge in [0.25, 0.3) is 0 Å². The van der Waals surface area contributed by atoms with Crippen molar-refractivity contribution in [1.29, 1.82) is 0 Å². The zero-order valence-electron chi connectivity index (χ0n) is 6.90. The van der Waals surface area contributed by atoms with Crippen molar-refractivity contribution in [2.75, 3.05) is 11.9 Å². The molecular formula is C8H17BrO. The lowest BCUT2D eigenvalue weighted by Crippen LogP contribution is -2.13. The Morgan fingerprint density at radius 2 is 2.10 bits per heavy atom. The van der Waals surface area contributed by atoms with E-state index < -0.39 is 0 Å². The lowest BCUT2D eigenvalue weighted by atomic mass is 10.3. The van der Waals surface area contributed by atoms with E-state index in [4.69, 9.17) is 4.74 Å². The second-order valence-corrected chi connectivity index (χ2v) is 3.06. The summed E-state index contributed by atoms with van der Waals surface area (Å²) < 4.78 is 5.53. The van der Waals surface area contributed by atoms with Crippen molar-refractivity contribution in [2.45, 2.75) is 39.2 Å². The van der Waals surface area contributed by atoms with E-state index in [1.807, 2.05) is 0 Å². The van der Waals surface area contributed by atoms with Crippen LogP contribution in [0.3, 0.4) is 0 Å². The zero-order chi connectivity index (χ0) is 7.82. The molecule has 1 nitrogen and oxygen atoms in total. The molecule has 0 aliphatic heterocycles. The van der Waals surface area contributed by atoms with Gasteiger partial charge in [0.05, 0.1) is 6.10 Å². The lowest BCUT2D eigenvalue weighted by Gasteiger charge is -2.11. The first-order valence-corrected chi connectivity index (χ1v) is 5.14. The summed E-state index contributed by atoms with van der Waals surface area (Å²) in [5, 5.41) is 0.965. The van der Waals surface area contributed by atoms with Crippen molar-refractivity contribution >= 4 is 15.9 Å². The Labute approximate surface area is 72.3 Å². The largest absolute Gasteiger partial charge is 0.377 e. The molecule has 1 atom stereocenters. The molecule has 0 aromatic heterocycles. The van der Waals surface area contributed by atoms with E-state index in [9.17, 15) is 0 Å². The van der Waals surface area contributed by atoms with Crippen LogP contribution in [0.1, 0.15) is 33.1 Å². The third-order valence-corrected chi connectivity index (χ3v) is 2.20. The molecular weight excluding hydrogens is 192 g/mol. The van der Waals surface area contributed by atoms with Gasteiger partial charge in [0, 0.05) is 11.9 Å². The van der Waals surface area contributed by atoms with Crippen molar-refractivity contribution in [3.05, 3.63) is 0 Å². The Hall–Kier alpha value is 0.440. The fourth-order valence-corrected chi connectivity index (χ4v) is 1.31. The van der Waals surface area contributed by atoms with E-state index in [-0.39, 0.29) is 0 Å². The molecule has 0 aliphatic carbocycles. The highest BCUT2D eigenvalue weighted by Gasteiger charge is 2.01. The summed E-state index contributed by atoms with van der Waals surface area (Å²) in [5.41, 5.74) is 0. The summed E-state index contributed by atoms with van der Waals surface area (Å²) in [7, 11) is 0. The Kier molecular flexibility index (Phi) is 7.88. The SMILES string of the molecule is CCCCO[C@H](CC)CBr. The summed E-state index contributed by atoms with van der Waals surface area (Å²) in [6.07, 6.45) is 3.93. The maximum atomic E-state index is 5.53. The molecule has 0 amide bonds. The van der Waals surface area contributed by atoms with Gasteiger partial charge in [0.2, 0.25) is 0 Å². The van der Waals surface area contributed by atoms with Gasteiger partial charge in [-0.3, -0.25) is 0 Å². The molecule has 0 aromatic rings. The van der Waals surface area contributed by atoms with Gasteiger partial charge < -0.3 is 4.74 Å². The first kappa shape index (κ1) is 10.4. The van der Waals surface area contributed by atoms with Crippen LogP contribution in [0.5, 0.6) is 0 Å². The summed E-state index contributed by atoms with van der Waals surface area (Å²) in [4.78, 5) is 0. The van der Waals surface area contributed by atoms with Gasteiger partial charge in [0.1, 0.15) is 0 Å². The minimum atomic E-state index is 0.423. The fraction of sp³-hybridized carbons (Fsp3) is 1.00. The van der Waals surface area contributed by atoms with Gasteiger partial charge in [-0.05, 0) is 12.8 Å². The molecule has 0 radical (unpaired) electrons. The molecule has 0 heterocycles. The van der Waals surface area contributed by atoms with Crippen LogP contribution in [0.25, 0.3) is 0 Å². The zero-order valence-corrected chi connectivity index (χ0v) is 8.49. The molecule has 0 saturated heterocycles. The molecule has 0 unspecified atom stereocenters. The van der Waals surface area contributed by atoms with Crippen LogP contribution in [-0.2, 0) is 4.74 Å². The van der Waals surface area contributed by atoms with E-state index in [1.54, 1.807) is 0 Å². The summed E-state index contributed by atoms with van der Waals surface area (Å²) >= 11 is 3.40. The average molecular weight is 209 g/mol. The highest BCUT2D eigenvalue weighted by Crippen LogP contribution is 2.02. The van der Waals surface area contributed by atoms with Gasteiger partial charge in [-0.15, -0.1) is 0 Å².